The van der Waals surface area contributed by atoms with Gasteiger partial charge in [0.1, 0.15) is 17.3 Å². The number of hydrogen-bond donors (Lipinski definition) is 1. The van der Waals surface area contributed by atoms with Crippen molar-refractivity contribution in [1.82, 2.24) is 20.3 Å². The molecule has 0 amide bonds. The Labute approximate surface area is 147 Å². The molecule has 2 fully saturated rings. The first-order valence-corrected chi connectivity index (χ1v) is 9.17. The highest BCUT2D eigenvalue weighted by atomic mass is 16.5. The van der Waals surface area contributed by atoms with Gasteiger partial charge >= 0.3 is 0 Å². The number of nitrogens with one attached hydrogen (secondary N) is 1. The lowest BCUT2D eigenvalue weighted by Crippen LogP contribution is -2.48. The van der Waals surface area contributed by atoms with E-state index in [1.165, 1.54) is 31.2 Å². The molecule has 0 radical (unpaired) electrons. The van der Waals surface area contributed by atoms with E-state index in [1.54, 1.807) is 4.80 Å². The van der Waals surface area contributed by atoms with Crippen molar-refractivity contribution in [2.24, 2.45) is 5.92 Å². The second-order valence-electron chi connectivity index (χ2n) is 7.10. The van der Waals surface area contributed by atoms with Crippen molar-refractivity contribution < 1.29 is 4.74 Å². The van der Waals surface area contributed by atoms with Gasteiger partial charge in [-0.15, -0.1) is 10.2 Å². The summed E-state index contributed by atoms with van der Waals surface area (Å²) in [5.74, 6) is 0.685. The van der Waals surface area contributed by atoms with Crippen LogP contribution in [0, 0.1) is 5.92 Å². The Hall–Kier alpha value is -2.24. The van der Waals surface area contributed by atoms with E-state index in [4.69, 9.17) is 4.74 Å². The minimum absolute atomic E-state index is 0.00180. The van der Waals surface area contributed by atoms with Crippen molar-refractivity contribution in [3.8, 4) is 5.69 Å². The number of aromatic nitrogens is 3. The lowest BCUT2D eigenvalue weighted by Gasteiger charge is -2.40. The molecule has 1 N–H and O–H groups in total. The van der Waals surface area contributed by atoms with Gasteiger partial charge in [-0.3, -0.25) is 5.32 Å². The minimum Gasteiger partial charge on any atom is -0.359 e. The predicted molar refractivity (Wildman–Crippen MR) is 96.4 cm³/mol. The van der Waals surface area contributed by atoms with Crippen LogP contribution in [0.4, 0.5) is 0 Å². The fraction of sp³-hybridized carbons (Fsp3) is 0.400. The summed E-state index contributed by atoms with van der Waals surface area (Å²) in [5.41, 5.74) is 3.95. The average molecular weight is 334 g/mol. The molecular formula is C20H22N4O. The smallest absolute Gasteiger partial charge is 0.134 e. The molecule has 1 saturated heterocycles. The Morgan fingerprint density at radius 2 is 1.64 bits per heavy atom. The second-order valence-corrected chi connectivity index (χ2v) is 7.10. The van der Waals surface area contributed by atoms with Gasteiger partial charge in [0.25, 0.3) is 0 Å². The third-order valence-electron chi connectivity index (χ3n) is 5.46. The molecule has 25 heavy (non-hydrogen) atoms. The van der Waals surface area contributed by atoms with E-state index in [2.05, 4.69) is 39.8 Å². The zero-order chi connectivity index (χ0) is 16.6. The van der Waals surface area contributed by atoms with Gasteiger partial charge in [-0.2, -0.15) is 4.80 Å². The Kier molecular flexibility index (Phi) is 3.76. The minimum atomic E-state index is -0.00180. The zero-order valence-electron chi connectivity index (χ0n) is 14.1. The van der Waals surface area contributed by atoms with Crippen LogP contribution in [-0.2, 0) is 4.74 Å². The van der Waals surface area contributed by atoms with E-state index in [1.807, 2.05) is 24.3 Å². The van der Waals surface area contributed by atoms with Gasteiger partial charge in [-0.25, -0.2) is 0 Å². The first-order valence-electron chi connectivity index (χ1n) is 9.17. The van der Waals surface area contributed by atoms with Gasteiger partial charge in [0.05, 0.1) is 12.3 Å². The molecule has 0 bridgehead atoms. The highest BCUT2D eigenvalue weighted by Crippen LogP contribution is 2.32. The van der Waals surface area contributed by atoms with Crippen molar-refractivity contribution in [3.05, 3.63) is 54.1 Å². The molecular weight excluding hydrogens is 312 g/mol. The maximum absolute atomic E-state index is 6.08. The van der Waals surface area contributed by atoms with E-state index in [-0.39, 0.29) is 6.23 Å². The van der Waals surface area contributed by atoms with Crippen molar-refractivity contribution in [3.63, 3.8) is 0 Å². The average Bonchev–Trinajstić information content (AvgIpc) is 3.12. The fourth-order valence-corrected chi connectivity index (χ4v) is 4.04. The second kappa shape index (κ2) is 6.24. The summed E-state index contributed by atoms with van der Waals surface area (Å²) in [5, 5.41) is 12.8. The van der Waals surface area contributed by atoms with Crippen LogP contribution in [0.5, 0.6) is 0 Å². The normalized spacial score (nSPS) is 26.5. The van der Waals surface area contributed by atoms with Gasteiger partial charge in [-0.05, 0) is 48.6 Å². The molecule has 2 aliphatic rings. The molecule has 0 unspecified atom stereocenters. The largest absolute Gasteiger partial charge is 0.359 e. The van der Waals surface area contributed by atoms with Crippen LogP contribution in [0.25, 0.3) is 16.7 Å². The lowest BCUT2D eigenvalue weighted by molar-refractivity contribution is -0.0640. The maximum atomic E-state index is 6.08. The SMILES string of the molecule is c1ccc2nn(-c3ccc([C@@H]4N[C@@H]5CCCC[C@H]5CO4)cc3)nc2c1. The van der Waals surface area contributed by atoms with Crippen LogP contribution < -0.4 is 5.32 Å². The van der Waals surface area contributed by atoms with Crippen molar-refractivity contribution >= 4 is 11.0 Å². The summed E-state index contributed by atoms with van der Waals surface area (Å²) in [4.78, 5) is 1.70. The lowest BCUT2D eigenvalue weighted by atomic mass is 9.84. The van der Waals surface area contributed by atoms with Crippen LogP contribution in [-0.4, -0.2) is 27.6 Å². The van der Waals surface area contributed by atoms with Gasteiger partial charge in [-0.1, -0.05) is 37.1 Å². The Morgan fingerprint density at radius 1 is 0.920 bits per heavy atom. The molecule has 5 rings (SSSR count). The number of rotatable bonds is 2. The first-order chi connectivity index (χ1) is 12.4. The van der Waals surface area contributed by atoms with E-state index in [0.717, 1.165) is 23.3 Å². The molecule has 2 aromatic carbocycles. The van der Waals surface area contributed by atoms with Gasteiger partial charge in [0.15, 0.2) is 0 Å². The summed E-state index contributed by atoms with van der Waals surface area (Å²) in [6.07, 6.45) is 5.24. The molecule has 2 heterocycles. The predicted octanol–water partition coefficient (Wildman–Crippen LogP) is 3.60. The van der Waals surface area contributed by atoms with Crippen molar-refractivity contribution in [2.45, 2.75) is 38.0 Å². The Morgan fingerprint density at radius 3 is 2.40 bits per heavy atom. The van der Waals surface area contributed by atoms with Gasteiger partial charge in [0, 0.05) is 6.04 Å². The van der Waals surface area contributed by atoms with Crippen LogP contribution >= 0.6 is 0 Å². The van der Waals surface area contributed by atoms with E-state index >= 15 is 0 Å². The van der Waals surface area contributed by atoms with E-state index in [0.29, 0.717) is 12.0 Å². The van der Waals surface area contributed by atoms with E-state index in [9.17, 15) is 0 Å². The van der Waals surface area contributed by atoms with Gasteiger partial charge in [0.2, 0.25) is 0 Å². The molecule has 1 aliphatic carbocycles. The third kappa shape index (κ3) is 2.83. The number of fused-ring (bicyclic) bond motifs is 2. The highest BCUT2D eigenvalue weighted by molar-refractivity contribution is 5.73. The summed E-state index contributed by atoms with van der Waals surface area (Å²) in [6.45, 7) is 0.871. The molecule has 1 saturated carbocycles. The quantitative estimate of drug-likeness (QED) is 0.778. The maximum Gasteiger partial charge on any atom is 0.134 e. The fourth-order valence-electron chi connectivity index (χ4n) is 4.04. The van der Waals surface area contributed by atoms with Crippen LogP contribution in [0.2, 0.25) is 0 Å². The molecule has 0 spiro atoms. The Bertz CT molecular complexity index is 840. The first kappa shape index (κ1) is 15.0. The highest BCUT2D eigenvalue weighted by Gasteiger charge is 2.32. The number of benzene rings is 2. The molecule has 5 heteroatoms. The van der Waals surface area contributed by atoms with Crippen LogP contribution in [0.1, 0.15) is 37.5 Å². The van der Waals surface area contributed by atoms with E-state index < -0.39 is 0 Å². The number of ether oxygens (including phenoxy) is 1. The molecule has 1 aliphatic heterocycles. The molecule has 1 aromatic heterocycles. The van der Waals surface area contributed by atoms with Crippen LogP contribution in [0.15, 0.2) is 48.5 Å². The van der Waals surface area contributed by atoms with Crippen molar-refractivity contribution in [2.75, 3.05) is 6.61 Å². The topological polar surface area (TPSA) is 52.0 Å². The van der Waals surface area contributed by atoms with Gasteiger partial charge < -0.3 is 4.74 Å². The standard InChI is InChI=1S/C20H22N4O/c1-2-6-17-15(5-1)13-25-20(21-17)14-9-11-16(12-10-14)24-22-18-7-3-4-8-19(18)23-24/h3-4,7-12,15,17,20-21H,1-2,5-6,13H2/t15-,17+,20+/m0/s1. The summed E-state index contributed by atoms with van der Waals surface area (Å²) >= 11 is 0. The Balaban J connectivity index is 1.36. The summed E-state index contributed by atoms with van der Waals surface area (Å²) < 4.78 is 6.08. The monoisotopic (exact) mass is 334 g/mol. The number of nitrogens with zero attached hydrogens (tertiary/aromatic N) is 3. The third-order valence-corrected chi connectivity index (χ3v) is 5.46. The summed E-state index contributed by atoms with van der Waals surface area (Å²) in [6, 6.07) is 16.9. The number of hydrogen-bond acceptors (Lipinski definition) is 4. The molecule has 128 valence electrons. The molecule has 3 atom stereocenters. The summed E-state index contributed by atoms with van der Waals surface area (Å²) in [7, 11) is 0. The molecule has 3 aromatic rings. The van der Waals surface area contributed by atoms with Crippen molar-refractivity contribution in [1.29, 1.82) is 0 Å². The zero-order valence-corrected chi connectivity index (χ0v) is 14.1. The van der Waals surface area contributed by atoms with Crippen LogP contribution in [0.3, 0.4) is 0 Å². The molecule has 5 nitrogen and oxygen atoms in total.